The minimum absolute atomic E-state index is 0.136. The number of nitrogens with one attached hydrogen (secondary N) is 1. The molecule has 1 fully saturated rings. The Labute approximate surface area is 167 Å². The highest BCUT2D eigenvalue weighted by Gasteiger charge is 2.44. The first kappa shape index (κ1) is 19.1. The van der Waals surface area contributed by atoms with Crippen LogP contribution in [0.2, 0.25) is 0 Å². The van der Waals surface area contributed by atoms with Gasteiger partial charge in [-0.1, -0.05) is 37.1 Å². The fourth-order valence-electron chi connectivity index (χ4n) is 4.17. The number of ether oxygens (including phenoxy) is 1. The van der Waals surface area contributed by atoms with Crippen LogP contribution < -0.4 is 10.2 Å². The zero-order valence-corrected chi connectivity index (χ0v) is 15.8. The van der Waals surface area contributed by atoms with E-state index in [-0.39, 0.29) is 12.5 Å². The maximum Gasteiger partial charge on any atom is 0.317 e. The van der Waals surface area contributed by atoms with Crippen molar-refractivity contribution < 1.29 is 23.5 Å². The van der Waals surface area contributed by atoms with Crippen LogP contribution >= 0.6 is 0 Å². The van der Waals surface area contributed by atoms with Crippen LogP contribution in [0.5, 0.6) is 0 Å². The highest BCUT2D eigenvalue weighted by atomic mass is 19.1. The van der Waals surface area contributed by atoms with E-state index in [4.69, 9.17) is 4.74 Å². The summed E-state index contributed by atoms with van der Waals surface area (Å²) in [6.07, 6.45) is 2.77. The number of hydrogen-bond donors (Lipinski definition) is 1. The number of hydrogen-bond acceptors (Lipinski definition) is 4. The summed E-state index contributed by atoms with van der Waals surface area (Å²) in [5, 5.41) is 2.71. The average Bonchev–Trinajstić information content (AvgIpc) is 3.22. The summed E-state index contributed by atoms with van der Waals surface area (Å²) in [4.78, 5) is 38.9. The van der Waals surface area contributed by atoms with Gasteiger partial charge in [-0.3, -0.25) is 19.3 Å². The molecule has 1 N–H and O–H groups in total. The normalized spacial score (nSPS) is 17.4. The van der Waals surface area contributed by atoms with Crippen LogP contribution in [-0.2, 0) is 24.5 Å². The minimum atomic E-state index is -0.931. The molecule has 0 unspecified atom stereocenters. The third-order valence-electron chi connectivity index (χ3n) is 5.62. The van der Waals surface area contributed by atoms with E-state index in [0.717, 1.165) is 12.8 Å². The second kappa shape index (κ2) is 7.66. The fourth-order valence-corrected chi connectivity index (χ4v) is 4.17. The van der Waals surface area contributed by atoms with Gasteiger partial charge in [-0.25, -0.2) is 4.39 Å². The SMILES string of the molecule is O=C1CN(C(=O)COC(=O)C2(c3cccc(F)c3)CCCC2)c2ccccc2N1. The first-order chi connectivity index (χ1) is 14.0. The van der Waals surface area contributed by atoms with Gasteiger partial charge in [0.25, 0.3) is 5.91 Å². The van der Waals surface area contributed by atoms with Crippen molar-refractivity contribution in [3.8, 4) is 0 Å². The summed E-state index contributed by atoms with van der Waals surface area (Å²) in [6, 6.07) is 12.9. The number of esters is 1. The van der Waals surface area contributed by atoms with E-state index >= 15 is 0 Å². The van der Waals surface area contributed by atoms with E-state index in [1.807, 2.05) is 0 Å². The number of rotatable bonds is 4. The van der Waals surface area contributed by atoms with Crippen LogP contribution in [-0.4, -0.2) is 30.9 Å². The van der Waals surface area contributed by atoms with Crippen molar-refractivity contribution in [2.45, 2.75) is 31.1 Å². The van der Waals surface area contributed by atoms with Crippen molar-refractivity contribution in [1.29, 1.82) is 0 Å². The monoisotopic (exact) mass is 396 g/mol. The number of nitrogens with zero attached hydrogens (tertiary/aromatic N) is 1. The minimum Gasteiger partial charge on any atom is -0.455 e. The van der Waals surface area contributed by atoms with E-state index in [1.54, 1.807) is 36.4 Å². The van der Waals surface area contributed by atoms with Crippen LogP contribution in [0.4, 0.5) is 15.8 Å². The molecular weight excluding hydrogens is 375 g/mol. The predicted octanol–water partition coefficient (Wildman–Crippen LogP) is 3.17. The maximum absolute atomic E-state index is 13.7. The van der Waals surface area contributed by atoms with Gasteiger partial charge in [0.1, 0.15) is 12.4 Å². The number of amides is 2. The number of benzene rings is 2. The molecule has 2 aromatic rings. The lowest BCUT2D eigenvalue weighted by atomic mass is 9.79. The lowest BCUT2D eigenvalue weighted by Crippen LogP contribution is -2.45. The number of carbonyl (C=O) groups excluding carboxylic acids is 3. The molecule has 4 rings (SSSR count). The third kappa shape index (κ3) is 3.60. The van der Waals surface area contributed by atoms with Crippen LogP contribution in [0.1, 0.15) is 31.2 Å². The first-order valence-corrected chi connectivity index (χ1v) is 9.62. The van der Waals surface area contributed by atoms with E-state index in [0.29, 0.717) is 29.8 Å². The van der Waals surface area contributed by atoms with E-state index < -0.39 is 29.7 Å². The highest BCUT2D eigenvalue weighted by molar-refractivity contribution is 6.10. The second-order valence-corrected chi connectivity index (χ2v) is 7.42. The van der Waals surface area contributed by atoms with Gasteiger partial charge in [-0.05, 0) is 42.7 Å². The zero-order chi connectivity index (χ0) is 20.4. The van der Waals surface area contributed by atoms with Crippen LogP contribution in [0.15, 0.2) is 48.5 Å². The summed E-state index contributed by atoms with van der Waals surface area (Å²) >= 11 is 0. The second-order valence-electron chi connectivity index (χ2n) is 7.42. The number of fused-ring (bicyclic) bond motifs is 1. The molecule has 0 atom stereocenters. The molecule has 0 aromatic heterocycles. The van der Waals surface area contributed by atoms with E-state index in [1.165, 1.54) is 17.0 Å². The van der Waals surface area contributed by atoms with Crippen molar-refractivity contribution >= 4 is 29.2 Å². The van der Waals surface area contributed by atoms with Crippen molar-refractivity contribution in [3.05, 3.63) is 59.9 Å². The van der Waals surface area contributed by atoms with E-state index in [2.05, 4.69) is 5.32 Å². The largest absolute Gasteiger partial charge is 0.455 e. The third-order valence-corrected chi connectivity index (χ3v) is 5.62. The Balaban J connectivity index is 1.50. The van der Waals surface area contributed by atoms with Gasteiger partial charge < -0.3 is 10.1 Å². The van der Waals surface area contributed by atoms with Gasteiger partial charge in [-0.15, -0.1) is 0 Å². The Hall–Kier alpha value is -3.22. The Morgan fingerprint density at radius 3 is 2.62 bits per heavy atom. The summed E-state index contributed by atoms with van der Waals surface area (Å²) in [5.74, 6) is -1.72. The molecule has 2 aromatic carbocycles. The van der Waals surface area contributed by atoms with Crippen molar-refractivity contribution in [2.24, 2.45) is 0 Å². The highest BCUT2D eigenvalue weighted by Crippen LogP contribution is 2.42. The van der Waals surface area contributed by atoms with Gasteiger partial charge in [-0.2, -0.15) is 0 Å². The molecule has 2 amide bonds. The first-order valence-electron chi connectivity index (χ1n) is 9.62. The summed E-state index contributed by atoms with van der Waals surface area (Å²) in [7, 11) is 0. The van der Waals surface area contributed by atoms with Gasteiger partial charge in [0.15, 0.2) is 6.61 Å². The lowest BCUT2D eigenvalue weighted by molar-refractivity contribution is -0.153. The van der Waals surface area contributed by atoms with Gasteiger partial charge in [0.05, 0.1) is 16.8 Å². The molecule has 29 heavy (non-hydrogen) atoms. The van der Waals surface area contributed by atoms with Crippen molar-refractivity contribution in [2.75, 3.05) is 23.4 Å². The molecular formula is C22H21FN2O4. The summed E-state index contributed by atoms with van der Waals surface area (Å²) < 4.78 is 19.1. The lowest BCUT2D eigenvalue weighted by Gasteiger charge is -2.30. The van der Waals surface area contributed by atoms with Crippen LogP contribution in [0, 0.1) is 5.82 Å². The zero-order valence-electron chi connectivity index (χ0n) is 15.8. The van der Waals surface area contributed by atoms with Crippen LogP contribution in [0.3, 0.4) is 0 Å². The van der Waals surface area contributed by atoms with Crippen molar-refractivity contribution in [3.63, 3.8) is 0 Å². The molecule has 1 aliphatic carbocycles. The Bertz CT molecular complexity index is 969. The molecule has 0 radical (unpaired) electrons. The molecule has 6 nitrogen and oxygen atoms in total. The molecule has 0 spiro atoms. The Morgan fingerprint density at radius 1 is 1.10 bits per heavy atom. The molecule has 7 heteroatoms. The molecule has 1 aliphatic heterocycles. The Kier molecular flexibility index (Phi) is 5.05. The van der Waals surface area contributed by atoms with Crippen LogP contribution in [0.25, 0.3) is 0 Å². The van der Waals surface area contributed by atoms with E-state index in [9.17, 15) is 18.8 Å². The summed E-state index contributed by atoms with van der Waals surface area (Å²) in [6.45, 7) is -0.611. The number of anilines is 2. The summed E-state index contributed by atoms with van der Waals surface area (Å²) in [5.41, 5.74) is 0.749. The average molecular weight is 396 g/mol. The molecule has 1 heterocycles. The quantitative estimate of drug-likeness (QED) is 0.806. The number of para-hydroxylation sites is 2. The standard InChI is InChI=1S/C22H21FN2O4/c23-16-7-5-6-15(12-16)22(10-3-4-11-22)21(28)29-14-20(27)25-13-19(26)24-17-8-1-2-9-18(17)25/h1-2,5-9,12H,3-4,10-11,13-14H2,(H,24,26). The molecule has 150 valence electrons. The molecule has 0 saturated heterocycles. The van der Waals surface area contributed by atoms with Crippen molar-refractivity contribution in [1.82, 2.24) is 0 Å². The fraction of sp³-hybridized carbons (Fsp3) is 0.318. The smallest absolute Gasteiger partial charge is 0.317 e. The topological polar surface area (TPSA) is 75.7 Å². The molecule has 2 aliphatic rings. The van der Waals surface area contributed by atoms with Gasteiger partial charge >= 0.3 is 5.97 Å². The number of carbonyl (C=O) groups is 3. The number of halogens is 1. The van der Waals surface area contributed by atoms with Gasteiger partial charge in [0, 0.05) is 0 Å². The van der Waals surface area contributed by atoms with Gasteiger partial charge in [0.2, 0.25) is 5.91 Å². The maximum atomic E-state index is 13.7. The Morgan fingerprint density at radius 2 is 1.86 bits per heavy atom. The predicted molar refractivity (Wildman–Crippen MR) is 105 cm³/mol. The molecule has 1 saturated carbocycles. The molecule has 0 bridgehead atoms.